The highest BCUT2D eigenvalue weighted by atomic mass is 127. The number of ether oxygens (including phenoxy) is 2. The maximum atomic E-state index is 11.1. The normalized spacial score (nSPS) is 9.48. The summed E-state index contributed by atoms with van der Waals surface area (Å²) in [5.74, 6) is 1.33. The number of aromatic nitrogens is 2. The molecule has 0 radical (unpaired) electrons. The van der Waals surface area contributed by atoms with E-state index in [1.807, 2.05) is 22.6 Å². The van der Waals surface area contributed by atoms with Crippen LogP contribution >= 0.6 is 45.8 Å². The molecule has 0 bridgehead atoms. The number of pyridine rings is 2. The summed E-state index contributed by atoms with van der Waals surface area (Å²) in [4.78, 5) is 29.7. The third kappa shape index (κ3) is 11.2. The largest absolute Gasteiger partial charge is 0.465 e. The minimum atomic E-state index is -1.10. The zero-order valence-electron chi connectivity index (χ0n) is 17.6. The summed E-state index contributed by atoms with van der Waals surface area (Å²) in [5.41, 5.74) is 3.71. The molecule has 0 fully saturated rings. The van der Waals surface area contributed by atoms with Crippen molar-refractivity contribution in [3.63, 3.8) is 0 Å². The van der Waals surface area contributed by atoms with Crippen LogP contribution < -0.4 is 0 Å². The van der Waals surface area contributed by atoms with Gasteiger partial charge in [0.15, 0.2) is 0 Å². The van der Waals surface area contributed by atoms with E-state index < -0.39 is 20.0 Å². The molecule has 0 saturated carbocycles. The Morgan fingerprint density at radius 2 is 1.39 bits per heavy atom. The molecule has 0 unspecified atom stereocenters. The molecule has 164 valence electrons. The van der Waals surface area contributed by atoms with Crippen LogP contribution in [-0.4, -0.2) is 44.2 Å². The molecule has 6 nitrogen and oxygen atoms in total. The number of methoxy groups -OCH3 is 2. The number of nitrogens with zero attached hydrogens (tertiary/aromatic N) is 2. The second kappa shape index (κ2) is 14.0. The van der Waals surface area contributed by atoms with Gasteiger partial charge in [-0.25, -0.2) is 19.6 Å². The molecule has 0 aliphatic rings. The Labute approximate surface area is 207 Å². The van der Waals surface area contributed by atoms with Gasteiger partial charge in [0.2, 0.25) is 0 Å². The zero-order valence-corrected chi connectivity index (χ0v) is 22.3. The fourth-order valence-electron chi connectivity index (χ4n) is 1.46. The Morgan fingerprint density at radius 3 is 1.77 bits per heavy atom. The number of terminal acetylenes is 2. The summed E-state index contributed by atoms with van der Waals surface area (Å²) in [6, 6.07) is 3.09. The van der Waals surface area contributed by atoms with Crippen LogP contribution in [0.25, 0.3) is 0 Å². The van der Waals surface area contributed by atoms with E-state index in [0.717, 1.165) is 3.57 Å². The number of halogens is 3. The molecule has 0 aliphatic carbocycles. The van der Waals surface area contributed by atoms with Crippen molar-refractivity contribution in [3.8, 4) is 24.3 Å². The van der Waals surface area contributed by atoms with E-state index in [1.165, 1.54) is 26.5 Å². The molecule has 0 atom stereocenters. The third-order valence-electron chi connectivity index (χ3n) is 3.06. The molecule has 0 saturated heterocycles. The maximum absolute atomic E-state index is 11.1. The van der Waals surface area contributed by atoms with E-state index in [4.69, 9.17) is 36.0 Å². The minimum absolute atomic E-state index is 0.0888. The molecule has 0 amide bonds. The fraction of sp³-hybridized carbons (Fsp3) is 0.238. The van der Waals surface area contributed by atoms with Gasteiger partial charge in [0.25, 0.3) is 0 Å². The summed E-state index contributed by atoms with van der Waals surface area (Å²) in [6.07, 6.45) is 13.2. The molecular weight excluding hydrogens is 570 g/mol. The van der Waals surface area contributed by atoms with E-state index >= 15 is 0 Å². The molecule has 2 aromatic heterocycles. The van der Waals surface area contributed by atoms with Crippen molar-refractivity contribution in [3.05, 3.63) is 55.1 Å². The van der Waals surface area contributed by atoms with Crippen LogP contribution in [0.15, 0.2) is 24.5 Å². The molecule has 2 heterocycles. The topological polar surface area (TPSA) is 78.4 Å². The van der Waals surface area contributed by atoms with E-state index in [-0.39, 0.29) is 15.9 Å². The van der Waals surface area contributed by atoms with Crippen molar-refractivity contribution >= 4 is 65.8 Å². The molecule has 0 aliphatic heterocycles. The lowest BCUT2D eigenvalue weighted by molar-refractivity contribution is 0.0591. The average molecular weight is 591 g/mol. The molecule has 0 N–H and O–H groups in total. The number of carbonyl (C=O) groups excluding carboxylic acids is 2. The van der Waals surface area contributed by atoms with Gasteiger partial charge >= 0.3 is 11.9 Å². The first-order valence-corrected chi connectivity index (χ1v) is 13.8. The Morgan fingerprint density at radius 1 is 0.968 bits per heavy atom. The predicted molar refractivity (Wildman–Crippen MR) is 134 cm³/mol. The molecular formula is C21H21Cl2IN2O4Si. The Balaban J connectivity index is 0.000000466. The van der Waals surface area contributed by atoms with Crippen LogP contribution in [0.1, 0.15) is 26.3 Å². The minimum Gasteiger partial charge on any atom is -0.465 e. The monoisotopic (exact) mass is 590 g/mol. The first-order chi connectivity index (χ1) is 14.4. The Kier molecular flexibility index (Phi) is 13.1. The highest BCUT2D eigenvalue weighted by molar-refractivity contribution is 14.1. The Bertz CT molecular complexity index is 1010. The second-order valence-electron chi connectivity index (χ2n) is 6.58. The average Bonchev–Trinajstić information content (AvgIpc) is 2.75. The standard InChI is InChI=1S/C9H6ClNO2.C7H5ClINO2.C5H10Si/c1-3-6-4-7(9(12)13-2)8(10)11-5-6;1-12-7(11)5-2-4(9)3-10-6(5)8;1-5-6(2,3)4/h1,4-5H,2H3;2-3H,1H3;1H,2-4H3. The predicted octanol–water partition coefficient (Wildman–Crippen LogP) is 5.13. The number of hydrogen-bond acceptors (Lipinski definition) is 6. The summed E-state index contributed by atoms with van der Waals surface area (Å²) in [6.45, 7) is 6.44. The van der Waals surface area contributed by atoms with Crippen molar-refractivity contribution in [1.82, 2.24) is 9.97 Å². The van der Waals surface area contributed by atoms with E-state index in [0.29, 0.717) is 11.1 Å². The van der Waals surface area contributed by atoms with Gasteiger partial charge in [-0.15, -0.1) is 18.4 Å². The molecule has 31 heavy (non-hydrogen) atoms. The Hall–Kier alpha value is -2.11. The van der Waals surface area contributed by atoms with Crippen molar-refractivity contribution in [2.75, 3.05) is 14.2 Å². The van der Waals surface area contributed by atoms with Crippen molar-refractivity contribution in [1.29, 1.82) is 0 Å². The molecule has 10 heteroatoms. The van der Waals surface area contributed by atoms with Crippen LogP contribution in [0.2, 0.25) is 29.9 Å². The van der Waals surface area contributed by atoms with Crippen LogP contribution in [-0.2, 0) is 9.47 Å². The first-order valence-electron chi connectivity index (χ1n) is 8.47. The van der Waals surface area contributed by atoms with Gasteiger partial charge in [-0.2, -0.15) is 0 Å². The second-order valence-corrected chi connectivity index (χ2v) is 13.3. The van der Waals surface area contributed by atoms with E-state index in [2.05, 4.69) is 50.5 Å². The smallest absolute Gasteiger partial charge is 0.341 e. The van der Waals surface area contributed by atoms with Gasteiger partial charge in [0.1, 0.15) is 18.4 Å². The van der Waals surface area contributed by atoms with Crippen LogP contribution in [0, 0.1) is 27.9 Å². The molecule has 2 rings (SSSR count). The van der Waals surface area contributed by atoms with Gasteiger partial charge < -0.3 is 9.47 Å². The summed E-state index contributed by atoms with van der Waals surface area (Å²) in [7, 11) is 1.47. The van der Waals surface area contributed by atoms with Crippen LogP contribution in [0.5, 0.6) is 0 Å². The van der Waals surface area contributed by atoms with Crippen molar-refractivity contribution < 1.29 is 19.1 Å². The lowest BCUT2D eigenvalue weighted by Crippen LogP contribution is -2.15. The van der Waals surface area contributed by atoms with Crippen LogP contribution in [0.4, 0.5) is 0 Å². The SMILES string of the molecule is C#C[Si](C)(C)C.C#Cc1cnc(Cl)c(C(=O)OC)c1.COC(=O)c1cc(I)cnc1Cl. The number of carbonyl (C=O) groups is 2. The molecule has 0 aromatic carbocycles. The highest BCUT2D eigenvalue weighted by Crippen LogP contribution is 2.16. The van der Waals surface area contributed by atoms with E-state index in [1.54, 1.807) is 12.3 Å². The quantitative estimate of drug-likeness (QED) is 0.159. The van der Waals surface area contributed by atoms with Crippen molar-refractivity contribution in [2.45, 2.75) is 19.6 Å². The number of esters is 2. The third-order valence-corrected chi connectivity index (χ3v) is 5.11. The zero-order chi connectivity index (χ0) is 24.2. The van der Waals surface area contributed by atoms with Crippen molar-refractivity contribution in [2.24, 2.45) is 0 Å². The highest BCUT2D eigenvalue weighted by Gasteiger charge is 2.12. The lowest BCUT2D eigenvalue weighted by Gasteiger charge is -2.00. The maximum Gasteiger partial charge on any atom is 0.341 e. The fourth-order valence-corrected chi connectivity index (χ4v) is 2.27. The van der Waals surface area contributed by atoms with Crippen LogP contribution in [0.3, 0.4) is 0 Å². The molecule has 0 spiro atoms. The van der Waals surface area contributed by atoms with Gasteiger partial charge in [-0.1, -0.05) is 48.8 Å². The summed E-state index contributed by atoms with van der Waals surface area (Å²) < 4.78 is 9.83. The summed E-state index contributed by atoms with van der Waals surface area (Å²) in [5, 5.41) is 0.258. The molecule has 2 aromatic rings. The summed E-state index contributed by atoms with van der Waals surface area (Å²) >= 11 is 13.3. The van der Waals surface area contributed by atoms with E-state index in [9.17, 15) is 9.59 Å². The van der Waals surface area contributed by atoms with Gasteiger partial charge in [0, 0.05) is 21.5 Å². The lowest BCUT2D eigenvalue weighted by atomic mass is 10.2. The van der Waals surface area contributed by atoms with Gasteiger partial charge in [-0.05, 0) is 34.7 Å². The number of rotatable bonds is 2. The van der Waals surface area contributed by atoms with Gasteiger partial charge in [-0.3, -0.25) is 0 Å². The number of hydrogen-bond donors (Lipinski definition) is 0. The first kappa shape index (κ1) is 28.9. The van der Waals surface area contributed by atoms with Gasteiger partial charge in [0.05, 0.1) is 25.3 Å².